The average molecular weight is 203 g/mol. The maximum Gasteiger partial charge on any atom is 0.131 e. The number of hydrogen-bond donors (Lipinski definition) is 1. The molecule has 0 spiro atoms. The lowest BCUT2D eigenvalue weighted by Gasteiger charge is -1.96. The van der Waals surface area contributed by atoms with Crippen molar-refractivity contribution in [1.29, 1.82) is 0 Å². The topological polar surface area (TPSA) is 46.0 Å². The summed E-state index contributed by atoms with van der Waals surface area (Å²) < 4.78 is 0.727. The number of aliphatic hydroxyl groups excluding tert-OH is 1. The minimum atomic E-state index is -0.0544. The monoisotopic (exact) mass is 202 g/mol. The van der Waals surface area contributed by atoms with Crippen LogP contribution in [0.2, 0.25) is 0 Å². The second-order valence-electron chi connectivity index (χ2n) is 1.97. The molecule has 1 aromatic heterocycles. The van der Waals surface area contributed by atoms with Gasteiger partial charge in [-0.1, -0.05) is 0 Å². The third-order valence-electron chi connectivity index (χ3n) is 1.14. The average Bonchev–Trinajstić information content (AvgIpc) is 1.95. The molecule has 3 nitrogen and oxygen atoms in total. The van der Waals surface area contributed by atoms with Gasteiger partial charge in [0.05, 0.1) is 12.3 Å². The van der Waals surface area contributed by atoms with Crippen molar-refractivity contribution < 1.29 is 5.11 Å². The van der Waals surface area contributed by atoms with Crippen molar-refractivity contribution in [2.24, 2.45) is 0 Å². The van der Waals surface area contributed by atoms with Gasteiger partial charge in [0.15, 0.2) is 0 Å². The van der Waals surface area contributed by atoms with Crippen molar-refractivity contribution in [1.82, 2.24) is 10.2 Å². The predicted molar refractivity (Wildman–Crippen MR) is 40.4 cm³/mol. The summed E-state index contributed by atoms with van der Waals surface area (Å²) in [6.07, 6.45) is 0. The fraction of sp³-hybridized carbons (Fsp3) is 0.333. The number of hydrogen-bond acceptors (Lipinski definition) is 3. The quantitative estimate of drug-likeness (QED) is 0.741. The Morgan fingerprint density at radius 3 is 2.80 bits per heavy atom. The number of aliphatic hydroxyl groups is 1. The maximum absolute atomic E-state index is 8.64. The van der Waals surface area contributed by atoms with Crippen LogP contribution in [0.4, 0.5) is 0 Å². The molecular formula is C6H7BrN2O. The van der Waals surface area contributed by atoms with E-state index in [1.165, 1.54) is 0 Å². The highest BCUT2D eigenvalue weighted by Crippen LogP contribution is 2.10. The van der Waals surface area contributed by atoms with Crippen LogP contribution in [0.3, 0.4) is 0 Å². The molecule has 0 unspecified atom stereocenters. The molecule has 0 fully saturated rings. The van der Waals surface area contributed by atoms with E-state index >= 15 is 0 Å². The van der Waals surface area contributed by atoms with Gasteiger partial charge in [-0.05, 0) is 34.5 Å². The molecule has 0 amide bonds. The number of nitrogens with zero attached hydrogens (tertiary/aromatic N) is 2. The summed E-state index contributed by atoms with van der Waals surface area (Å²) in [5.41, 5.74) is 1.58. The van der Waals surface area contributed by atoms with Crippen molar-refractivity contribution in [3.63, 3.8) is 0 Å². The Morgan fingerprint density at radius 1 is 1.60 bits per heavy atom. The van der Waals surface area contributed by atoms with Gasteiger partial charge in [-0.2, -0.15) is 5.10 Å². The summed E-state index contributed by atoms with van der Waals surface area (Å²) in [7, 11) is 0. The lowest BCUT2D eigenvalue weighted by atomic mass is 10.3. The van der Waals surface area contributed by atoms with Crippen LogP contribution >= 0.6 is 15.9 Å². The van der Waals surface area contributed by atoms with Crippen molar-refractivity contribution in [3.05, 3.63) is 21.9 Å². The highest BCUT2D eigenvalue weighted by Gasteiger charge is 1.97. The molecule has 0 atom stereocenters. The number of aryl methyl sites for hydroxylation is 1. The standard InChI is InChI=1S/C6H7BrN2O/c1-4-2-5(3-10)8-9-6(4)7/h2,10H,3H2,1H3. The SMILES string of the molecule is Cc1cc(CO)nnc1Br. The molecule has 1 N–H and O–H groups in total. The smallest absolute Gasteiger partial charge is 0.131 e. The Morgan fingerprint density at radius 2 is 2.30 bits per heavy atom. The first kappa shape index (κ1) is 7.63. The summed E-state index contributed by atoms with van der Waals surface area (Å²) >= 11 is 3.20. The molecule has 0 saturated heterocycles. The first-order valence-corrected chi connectivity index (χ1v) is 3.63. The van der Waals surface area contributed by atoms with E-state index in [9.17, 15) is 0 Å². The van der Waals surface area contributed by atoms with Crippen LogP contribution in [0.5, 0.6) is 0 Å². The van der Waals surface area contributed by atoms with E-state index in [0.717, 1.165) is 10.2 Å². The van der Waals surface area contributed by atoms with Gasteiger partial charge in [0.2, 0.25) is 0 Å². The molecule has 0 radical (unpaired) electrons. The number of halogens is 1. The molecule has 4 heteroatoms. The number of rotatable bonds is 1. The molecule has 0 bridgehead atoms. The van der Waals surface area contributed by atoms with E-state index < -0.39 is 0 Å². The molecule has 0 aliphatic rings. The largest absolute Gasteiger partial charge is 0.390 e. The van der Waals surface area contributed by atoms with E-state index in [4.69, 9.17) is 5.11 Å². The summed E-state index contributed by atoms with van der Waals surface area (Å²) in [5.74, 6) is 0. The molecule has 0 saturated carbocycles. The van der Waals surface area contributed by atoms with Gasteiger partial charge in [0, 0.05) is 0 Å². The Kier molecular flexibility index (Phi) is 2.34. The molecule has 0 aliphatic heterocycles. The highest BCUT2D eigenvalue weighted by molar-refractivity contribution is 9.10. The molecule has 54 valence electrons. The lowest BCUT2D eigenvalue weighted by Crippen LogP contribution is -1.94. The van der Waals surface area contributed by atoms with Crippen LogP contribution in [0.25, 0.3) is 0 Å². The second-order valence-corrected chi connectivity index (χ2v) is 2.72. The van der Waals surface area contributed by atoms with Crippen LogP contribution in [-0.4, -0.2) is 15.3 Å². The van der Waals surface area contributed by atoms with E-state index in [0.29, 0.717) is 5.69 Å². The van der Waals surface area contributed by atoms with Crippen LogP contribution in [0.15, 0.2) is 10.7 Å². The Hall–Kier alpha value is -0.480. The Bertz CT molecular complexity index is 239. The first-order valence-electron chi connectivity index (χ1n) is 2.83. The Labute approximate surface area is 67.2 Å². The molecule has 1 heterocycles. The predicted octanol–water partition coefficient (Wildman–Crippen LogP) is 1.04. The first-order chi connectivity index (χ1) is 4.74. The van der Waals surface area contributed by atoms with Crippen molar-refractivity contribution in [2.45, 2.75) is 13.5 Å². The van der Waals surface area contributed by atoms with E-state index in [1.807, 2.05) is 6.92 Å². The zero-order chi connectivity index (χ0) is 7.56. The van der Waals surface area contributed by atoms with Crippen molar-refractivity contribution in [2.75, 3.05) is 0 Å². The number of aromatic nitrogens is 2. The molecule has 1 aromatic rings. The maximum atomic E-state index is 8.64. The highest BCUT2D eigenvalue weighted by atomic mass is 79.9. The summed E-state index contributed by atoms with van der Waals surface area (Å²) in [6.45, 7) is 1.85. The second kappa shape index (κ2) is 3.07. The van der Waals surface area contributed by atoms with Gasteiger partial charge in [0.25, 0.3) is 0 Å². The molecular weight excluding hydrogens is 196 g/mol. The molecule has 1 rings (SSSR count). The van der Waals surface area contributed by atoms with Crippen LogP contribution in [-0.2, 0) is 6.61 Å². The fourth-order valence-electron chi connectivity index (χ4n) is 0.603. The lowest BCUT2D eigenvalue weighted by molar-refractivity contribution is 0.275. The van der Waals surface area contributed by atoms with Crippen LogP contribution < -0.4 is 0 Å². The van der Waals surface area contributed by atoms with Gasteiger partial charge >= 0.3 is 0 Å². The Balaban J connectivity index is 3.04. The van der Waals surface area contributed by atoms with E-state index in [1.54, 1.807) is 6.07 Å². The van der Waals surface area contributed by atoms with Crippen molar-refractivity contribution >= 4 is 15.9 Å². The summed E-state index contributed by atoms with van der Waals surface area (Å²) in [5, 5.41) is 16.1. The molecule has 0 aromatic carbocycles. The summed E-state index contributed by atoms with van der Waals surface area (Å²) in [4.78, 5) is 0. The summed E-state index contributed by atoms with van der Waals surface area (Å²) in [6, 6.07) is 1.79. The van der Waals surface area contributed by atoms with E-state index in [2.05, 4.69) is 26.1 Å². The molecule has 0 aliphatic carbocycles. The van der Waals surface area contributed by atoms with Gasteiger partial charge in [-0.15, -0.1) is 5.10 Å². The third kappa shape index (κ3) is 1.52. The normalized spacial score (nSPS) is 9.90. The van der Waals surface area contributed by atoms with Crippen LogP contribution in [0, 0.1) is 6.92 Å². The zero-order valence-electron chi connectivity index (χ0n) is 5.50. The molecule has 10 heavy (non-hydrogen) atoms. The van der Waals surface area contributed by atoms with Crippen LogP contribution in [0.1, 0.15) is 11.3 Å². The van der Waals surface area contributed by atoms with Gasteiger partial charge < -0.3 is 5.11 Å². The van der Waals surface area contributed by atoms with E-state index in [-0.39, 0.29) is 6.61 Å². The minimum absolute atomic E-state index is 0.0544. The van der Waals surface area contributed by atoms with Gasteiger partial charge in [-0.3, -0.25) is 0 Å². The van der Waals surface area contributed by atoms with Crippen molar-refractivity contribution in [3.8, 4) is 0 Å². The third-order valence-corrected chi connectivity index (χ3v) is 1.92. The van der Waals surface area contributed by atoms with Gasteiger partial charge in [-0.25, -0.2) is 0 Å². The fourth-order valence-corrected chi connectivity index (χ4v) is 0.796. The minimum Gasteiger partial charge on any atom is -0.390 e. The zero-order valence-corrected chi connectivity index (χ0v) is 7.09. The van der Waals surface area contributed by atoms with Gasteiger partial charge in [0.1, 0.15) is 4.60 Å².